The van der Waals surface area contributed by atoms with Crippen molar-refractivity contribution in [3.05, 3.63) is 48.0 Å². The minimum absolute atomic E-state index is 0.0881. The molecule has 2 aromatic rings. The molecule has 1 N–H and O–H groups in total. The molecule has 3 rings (SSSR count). The van der Waals surface area contributed by atoms with Crippen LogP contribution in [0.3, 0.4) is 0 Å². The average Bonchev–Trinajstić information content (AvgIpc) is 3.17. The number of ether oxygens (including phenoxy) is 1. The van der Waals surface area contributed by atoms with Crippen LogP contribution in [-0.4, -0.2) is 30.9 Å². The summed E-state index contributed by atoms with van der Waals surface area (Å²) in [6.45, 7) is 0.594. The maximum absolute atomic E-state index is 13.2. The van der Waals surface area contributed by atoms with Crippen LogP contribution in [0.5, 0.6) is 0 Å². The minimum atomic E-state index is -3.74. The molecule has 1 aliphatic rings. The zero-order valence-electron chi connectivity index (χ0n) is 12.6. The highest BCUT2D eigenvalue weighted by molar-refractivity contribution is 7.89. The van der Waals surface area contributed by atoms with E-state index >= 15 is 0 Å². The summed E-state index contributed by atoms with van der Waals surface area (Å²) in [7, 11) is -2.09. The molecule has 1 aromatic carbocycles. The van der Waals surface area contributed by atoms with E-state index in [2.05, 4.69) is 9.82 Å². The average molecular weight is 339 g/mol. The molecule has 8 heteroatoms. The summed E-state index contributed by atoms with van der Waals surface area (Å²) in [5, 5.41) is 3.89. The van der Waals surface area contributed by atoms with E-state index in [0.717, 1.165) is 12.8 Å². The topological polar surface area (TPSA) is 73.2 Å². The van der Waals surface area contributed by atoms with Gasteiger partial charge < -0.3 is 4.74 Å². The Morgan fingerprint density at radius 1 is 1.39 bits per heavy atom. The maximum atomic E-state index is 13.2. The van der Waals surface area contributed by atoms with Gasteiger partial charge >= 0.3 is 0 Å². The third-order valence-corrected chi connectivity index (χ3v) is 5.24. The number of benzene rings is 1. The molecule has 1 aliphatic heterocycles. The fourth-order valence-corrected chi connectivity index (χ4v) is 3.90. The number of nitrogens with zero attached hydrogens (tertiary/aromatic N) is 2. The Kier molecular flexibility index (Phi) is 4.47. The van der Waals surface area contributed by atoms with Crippen LogP contribution >= 0.6 is 0 Å². The summed E-state index contributed by atoms with van der Waals surface area (Å²) >= 11 is 0. The Morgan fingerprint density at radius 2 is 2.13 bits per heavy atom. The normalized spacial score (nSPS) is 19.8. The van der Waals surface area contributed by atoms with Gasteiger partial charge in [-0.05, 0) is 30.5 Å². The molecule has 1 aromatic heterocycles. The van der Waals surface area contributed by atoms with E-state index in [1.807, 2.05) is 0 Å². The Labute approximate surface area is 134 Å². The van der Waals surface area contributed by atoms with Crippen LogP contribution < -0.4 is 4.72 Å². The van der Waals surface area contributed by atoms with Crippen molar-refractivity contribution in [1.82, 2.24) is 14.5 Å². The summed E-state index contributed by atoms with van der Waals surface area (Å²) in [4.78, 5) is 0.0881. The van der Waals surface area contributed by atoms with Gasteiger partial charge in [0.25, 0.3) is 0 Å². The molecule has 124 valence electrons. The summed E-state index contributed by atoms with van der Waals surface area (Å²) in [6.07, 6.45) is 4.07. The van der Waals surface area contributed by atoms with E-state index in [-0.39, 0.29) is 16.8 Å². The molecule has 23 heavy (non-hydrogen) atoms. The fourth-order valence-electron chi connectivity index (χ4n) is 2.67. The van der Waals surface area contributed by atoms with Gasteiger partial charge in [0.15, 0.2) is 0 Å². The predicted octanol–water partition coefficient (Wildman–Crippen LogP) is 1.76. The van der Waals surface area contributed by atoms with Gasteiger partial charge in [-0.15, -0.1) is 0 Å². The van der Waals surface area contributed by atoms with Crippen molar-refractivity contribution in [1.29, 1.82) is 0 Å². The molecule has 6 nitrogen and oxygen atoms in total. The van der Waals surface area contributed by atoms with E-state index in [1.54, 1.807) is 19.2 Å². The van der Waals surface area contributed by atoms with Crippen molar-refractivity contribution in [2.45, 2.75) is 29.9 Å². The summed E-state index contributed by atoms with van der Waals surface area (Å²) < 4.78 is 48.0. The van der Waals surface area contributed by atoms with E-state index in [9.17, 15) is 12.8 Å². The highest BCUT2D eigenvalue weighted by Gasteiger charge is 2.32. The molecular formula is C15H18FN3O3S. The van der Waals surface area contributed by atoms with Crippen LogP contribution in [0.4, 0.5) is 4.39 Å². The number of aryl methyl sites for hydroxylation is 1. The van der Waals surface area contributed by atoms with Gasteiger partial charge in [0.1, 0.15) is 10.7 Å². The fraction of sp³-hybridized carbons (Fsp3) is 0.400. The van der Waals surface area contributed by atoms with Crippen LogP contribution in [0.25, 0.3) is 0 Å². The van der Waals surface area contributed by atoms with Gasteiger partial charge in [-0.2, -0.15) is 5.10 Å². The summed E-state index contributed by atoms with van der Waals surface area (Å²) in [5.41, 5.74) is 0.672. The zero-order chi connectivity index (χ0) is 16.4. The second-order valence-electron chi connectivity index (χ2n) is 5.55. The van der Waals surface area contributed by atoms with Gasteiger partial charge in [-0.1, -0.05) is 12.1 Å². The maximum Gasteiger partial charge on any atom is 0.244 e. The number of sulfonamides is 1. The second-order valence-corrected chi connectivity index (χ2v) is 7.27. The number of hydrogen-bond acceptors (Lipinski definition) is 4. The quantitative estimate of drug-likeness (QED) is 0.901. The molecule has 0 radical (unpaired) electrons. The summed E-state index contributed by atoms with van der Waals surface area (Å²) in [5.74, 6) is -0.366. The van der Waals surface area contributed by atoms with E-state index < -0.39 is 16.1 Å². The van der Waals surface area contributed by atoms with Crippen LogP contribution in [-0.2, 0) is 21.8 Å². The minimum Gasteiger partial charge on any atom is -0.376 e. The van der Waals surface area contributed by atoms with Crippen LogP contribution in [0.15, 0.2) is 41.6 Å². The van der Waals surface area contributed by atoms with E-state index in [1.165, 1.54) is 29.2 Å². The lowest BCUT2D eigenvalue weighted by Crippen LogP contribution is -2.36. The van der Waals surface area contributed by atoms with Crippen molar-refractivity contribution in [3.63, 3.8) is 0 Å². The number of rotatable bonds is 5. The lowest BCUT2D eigenvalue weighted by atomic mass is 10.0. The Balaban J connectivity index is 1.90. The number of hydrogen-bond donors (Lipinski definition) is 1. The molecule has 0 unspecified atom stereocenters. The first-order valence-corrected chi connectivity index (χ1v) is 8.82. The Hall–Kier alpha value is -1.77. The van der Waals surface area contributed by atoms with Gasteiger partial charge in [0.2, 0.25) is 10.0 Å². The molecule has 0 spiro atoms. The van der Waals surface area contributed by atoms with E-state index in [4.69, 9.17) is 4.74 Å². The number of halogens is 1. The molecule has 2 heterocycles. The molecule has 1 fully saturated rings. The predicted molar refractivity (Wildman–Crippen MR) is 81.6 cm³/mol. The first kappa shape index (κ1) is 16.1. The lowest BCUT2D eigenvalue weighted by molar-refractivity contribution is 0.0852. The van der Waals surface area contributed by atoms with Crippen molar-refractivity contribution in [2.75, 3.05) is 6.61 Å². The van der Waals surface area contributed by atoms with Crippen LogP contribution in [0.2, 0.25) is 0 Å². The van der Waals surface area contributed by atoms with Crippen molar-refractivity contribution in [2.24, 2.45) is 7.05 Å². The SMILES string of the molecule is Cn1cc(S(=O)(=O)N[C@H](c2ccc(F)cc2)[C@@H]2CCCO2)cn1. The van der Waals surface area contributed by atoms with E-state index in [0.29, 0.717) is 12.2 Å². The third kappa shape index (κ3) is 3.60. The Morgan fingerprint density at radius 3 is 2.70 bits per heavy atom. The van der Waals surface area contributed by atoms with Crippen molar-refractivity contribution < 1.29 is 17.5 Å². The summed E-state index contributed by atoms with van der Waals surface area (Å²) in [6, 6.07) is 5.22. The smallest absolute Gasteiger partial charge is 0.244 e. The largest absolute Gasteiger partial charge is 0.376 e. The van der Waals surface area contributed by atoms with Gasteiger partial charge in [0, 0.05) is 19.9 Å². The Bertz CT molecular complexity index is 768. The highest BCUT2D eigenvalue weighted by Crippen LogP contribution is 2.28. The van der Waals surface area contributed by atoms with Crippen molar-refractivity contribution >= 4 is 10.0 Å². The highest BCUT2D eigenvalue weighted by atomic mass is 32.2. The number of nitrogens with one attached hydrogen (secondary N) is 1. The second kappa shape index (κ2) is 6.38. The van der Waals surface area contributed by atoms with Gasteiger partial charge in [-0.25, -0.2) is 17.5 Å². The monoisotopic (exact) mass is 339 g/mol. The standard InChI is InChI=1S/C15H18FN3O3S/c1-19-10-13(9-17-19)23(20,21)18-15(14-3-2-8-22-14)11-4-6-12(16)7-5-11/h4-7,9-10,14-15,18H,2-3,8H2,1H3/t14-,15+/m0/s1. The molecule has 1 saturated heterocycles. The first-order valence-electron chi connectivity index (χ1n) is 7.34. The molecular weight excluding hydrogens is 321 g/mol. The first-order chi connectivity index (χ1) is 11.0. The molecule has 0 amide bonds. The molecule has 0 saturated carbocycles. The van der Waals surface area contributed by atoms with Gasteiger partial charge in [0.05, 0.1) is 18.3 Å². The zero-order valence-corrected chi connectivity index (χ0v) is 13.5. The van der Waals surface area contributed by atoms with Crippen molar-refractivity contribution in [3.8, 4) is 0 Å². The molecule has 0 aliphatic carbocycles. The molecule has 2 atom stereocenters. The van der Waals surface area contributed by atoms with Crippen LogP contribution in [0, 0.1) is 5.82 Å². The van der Waals surface area contributed by atoms with Crippen LogP contribution in [0.1, 0.15) is 24.4 Å². The third-order valence-electron chi connectivity index (χ3n) is 3.84. The van der Waals surface area contributed by atoms with Gasteiger partial charge in [-0.3, -0.25) is 4.68 Å². The molecule has 0 bridgehead atoms. The number of aromatic nitrogens is 2. The lowest BCUT2D eigenvalue weighted by Gasteiger charge is -2.24.